The number of imide groups is 1. The summed E-state index contributed by atoms with van der Waals surface area (Å²) in [6, 6.07) is 14.5. The van der Waals surface area contributed by atoms with Crippen LogP contribution in [0.1, 0.15) is 17.5 Å². The van der Waals surface area contributed by atoms with Crippen LogP contribution >= 0.6 is 24.0 Å². The number of anilines is 1. The lowest BCUT2D eigenvalue weighted by Gasteiger charge is -2.36. The fourth-order valence-corrected chi connectivity index (χ4v) is 5.45. The smallest absolute Gasteiger partial charge is 0.355 e. The molecule has 0 N–H and O–H groups in total. The number of hydrogen-bond donors (Lipinski definition) is 0. The van der Waals surface area contributed by atoms with Gasteiger partial charge in [-0.25, -0.2) is 4.90 Å². The molecule has 0 spiro atoms. The zero-order valence-corrected chi connectivity index (χ0v) is 19.3. The van der Waals surface area contributed by atoms with Crippen LogP contribution in [-0.4, -0.2) is 57.4 Å². The molecule has 2 aliphatic rings. The van der Waals surface area contributed by atoms with Crippen molar-refractivity contribution in [2.75, 3.05) is 31.1 Å². The Morgan fingerprint density at radius 2 is 1.70 bits per heavy atom. The molecular weight excluding hydrogens is 471 g/mol. The Morgan fingerprint density at radius 1 is 1.00 bits per heavy atom. The summed E-state index contributed by atoms with van der Waals surface area (Å²) in [5.74, 6) is -1.05. The lowest BCUT2D eigenvalue weighted by atomic mass is 10.2. The van der Waals surface area contributed by atoms with Crippen LogP contribution in [0, 0.1) is 0 Å². The van der Waals surface area contributed by atoms with E-state index in [2.05, 4.69) is 17.0 Å². The molecule has 2 saturated heterocycles. The van der Waals surface area contributed by atoms with Crippen LogP contribution in [0.3, 0.4) is 0 Å². The van der Waals surface area contributed by atoms with E-state index in [9.17, 15) is 22.8 Å². The second-order valence-electron chi connectivity index (χ2n) is 7.94. The molecule has 174 valence electrons. The molecule has 1 atom stereocenters. The van der Waals surface area contributed by atoms with E-state index in [1.165, 1.54) is 17.7 Å². The van der Waals surface area contributed by atoms with Gasteiger partial charge in [-0.05, 0) is 23.8 Å². The van der Waals surface area contributed by atoms with E-state index >= 15 is 0 Å². The number of amides is 2. The highest BCUT2D eigenvalue weighted by Gasteiger charge is 2.42. The number of benzene rings is 2. The van der Waals surface area contributed by atoms with Crippen LogP contribution in [0.4, 0.5) is 18.9 Å². The molecule has 0 aromatic heterocycles. The molecular formula is C23H22F3N3O2S2. The minimum absolute atomic E-state index is 0.0663. The Kier molecular flexibility index (Phi) is 7.06. The summed E-state index contributed by atoms with van der Waals surface area (Å²) in [6.45, 7) is 3.93. The molecule has 0 aliphatic carbocycles. The Labute approximate surface area is 199 Å². The van der Waals surface area contributed by atoms with Gasteiger partial charge in [0.25, 0.3) is 0 Å². The summed E-state index contributed by atoms with van der Waals surface area (Å²) < 4.78 is 39.6. The highest BCUT2D eigenvalue weighted by atomic mass is 32.2. The van der Waals surface area contributed by atoms with Crippen LogP contribution in [-0.2, 0) is 22.3 Å². The molecule has 10 heteroatoms. The highest BCUT2D eigenvalue weighted by Crippen LogP contribution is 2.35. The van der Waals surface area contributed by atoms with Gasteiger partial charge in [0.05, 0.1) is 11.3 Å². The molecule has 0 radical (unpaired) electrons. The fourth-order valence-electron chi connectivity index (χ4n) is 3.92. The van der Waals surface area contributed by atoms with Gasteiger partial charge in [0.2, 0.25) is 11.8 Å². The number of carbonyl (C=O) groups is 2. The molecule has 2 amide bonds. The number of piperazine rings is 1. The van der Waals surface area contributed by atoms with Gasteiger partial charge in [-0.2, -0.15) is 13.2 Å². The number of hydrogen-bond acceptors (Lipinski definition) is 5. The highest BCUT2D eigenvalue weighted by molar-refractivity contribution is 8.23. The number of nitrogens with zero attached hydrogens (tertiary/aromatic N) is 3. The van der Waals surface area contributed by atoms with E-state index in [0.29, 0.717) is 17.4 Å². The Hall–Kier alpha value is -2.43. The number of carbonyl (C=O) groups excluding carboxylic acids is 2. The van der Waals surface area contributed by atoms with Crippen molar-refractivity contribution < 1.29 is 22.8 Å². The van der Waals surface area contributed by atoms with Gasteiger partial charge in [0, 0.05) is 39.1 Å². The maximum absolute atomic E-state index is 13.0. The maximum Gasteiger partial charge on any atom is 0.416 e. The van der Waals surface area contributed by atoms with E-state index in [-0.39, 0.29) is 12.1 Å². The number of rotatable bonds is 4. The third-order valence-corrected chi connectivity index (χ3v) is 7.32. The van der Waals surface area contributed by atoms with Crippen molar-refractivity contribution in [3.8, 4) is 0 Å². The van der Waals surface area contributed by atoms with Crippen molar-refractivity contribution in [1.82, 2.24) is 9.80 Å². The second kappa shape index (κ2) is 9.82. The normalized spacial score (nSPS) is 19.9. The van der Waals surface area contributed by atoms with Gasteiger partial charge < -0.3 is 4.90 Å². The largest absolute Gasteiger partial charge is 0.416 e. The van der Waals surface area contributed by atoms with Crippen molar-refractivity contribution in [2.24, 2.45) is 0 Å². The molecule has 0 bridgehead atoms. The summed E-state index contributed by atoms with van der Waals surface area (Å²) in [7, 11) is 0. The van der Waals surface area contributed by atoms with Crippen LogP contribution in [0.2, 0.25) is 0 Å². The third kappa shape index (κ3) is 5.56. The lowest BCUT2D eigenvalue weighted by molar-refractivity contribution is -0.137. The molecule has 2 fully saturated rings. The molecule has 4 rings (SSSR count). The summed E-state index contributed by atoms with van der Waals surface area (Å²) >= 11 is 6.68. The molecule has 5 nitrogen and oxygen atoms in total. The first kappa shape index (κ1) is 23.7. The predicted octanol–water partition coefficient (Wildman–Crippen LogP) is 4.17. The van der Waals surface area contributed by atoms with Gasteiger partial charge in [-0.15, -0.1) is 0 Å². The molecule has 2 heterocycles. The topological polar surface area (TPSA) is 43.9 Å². The minimum Gasteiger partial charge on any atom is -0.355 e. The van der Waals surface area contributed by atoms with Crippen molar-refractivity contribution in [1.29, 1.82) is 0 Å². The molecule has 2 aromatic rings. The van der Waals surface area contributed by atoms with E-state index < -0.39 is 28.8 Å². The molecule has 1 unspecified atom stereocenters. The number of alkyl halides is 3. The average Bonchev–Trinajstić information content (AvgIpc) is 3.07. The number of halogens is 3. The van der Waals surface area contributed by atoms with Gasteiger partial charge in [-0.3, -0.25) is 14.5 Å². The first-order valence-electron chi connectivity index (χ1n) is 10.5. The molecule has 2 aliphatic heterocycles. The predicted molar refractivity (Wildman–Crippen MR) is 126 cm³/mol. The molecule has 0 saturated carbocycles. The van der Waals surface area contributed by atoms with E-state index in [4.69, 9.17) is 12.2 Å². The summed E-state index contributed by atoms with van der Waals surface area (Å²) in [4.78, 5) is 30.5. The Balaban J connectivity index is 1.34. The number of thiocarbonyl (C=S) groups is 1. The van der Waals surface area contributed by atoms with E-state index in [0.717, 1.165) is 48.4 Å². The molecule has 33 heavy (non-hydrogen) atoms. The Bertz CT molecular complexity index is 1040. The summed E-state index contributed by atoms with van der Waals surface area (Å²) in [5.41, 5.74) is 0.275. The zero-order valence-electron chi connectivity index (χ0n) is 17.6. The summed E-state index contributed by atoms with van der Waals surface area (Å²) in [6.07, 6.45) is -4.64. The molecule has 2 aromatic carbocycles. The number of thioether (sulfide) groups is 1. The first-order chi connectivity index (χ1) is 15.7. The van der Waals surface area contributed by atoms with Crippen LogP contribution in [0.5, 0.6) is 0 Å². The van der Waals surface area contributed by atoms with Crippen molar-refractivity contribution in [3.63, 3.8) is 0 Å². The lowest BCUT2D eigenvalue weighted by Crippen LogP contribution is -2.47. The van der Waals surface area contributed by atoms with Crippen LogP contribution < -0.4 is 4.90 Å². The average molecular weight is 494 g/mol. The van der Waals surface area contributed by atoms with Crippen LogP contribution in [0.15, 0.2) is 54.6 Å². The van der Waals surface area contributed by atoms with Crippen LogP contribution in [0.25, 0.3) is 0 Å². The fraction of sp³-hybridized carbons (Fsp3) is 0.348. The quantitative estimate of drug-likeness (QED) is 0.471. The minimum atomic E-state index is -4.56. The van der Waals surface area contributed by atoms with E-state index in [1.807, 2.05) is 23.1 Å². The standard InChI is InChI=1S/C23H22F3N3O2S2/c24-23(25,26)17-7-4-8-18(13-17)29-20(30)14-19(21(29)31)33-22(32)28-11-9-27(10-12-28)15-16-5-2-1-3-6-16/h1-8,13,19H,9-12,14-15H2. The first-order valence-corrected chi connectivity index (χ1v) is 11.8. The van der Waals surface area contributed by atoms with Gasteiger partial charge >= 0.3 is 6.18 Å². The Morgan fingerprint density at radius 3 is 2.36 bits per heavy atom. The zero-order chi connectivity index (χ0) is 23.6. The van der Waals surface area contributed by atoms with Gasteiger partial charge in [0.1, 0.15) is 9.57 Å². The summed E-state index contributed by atoms with van der Waals surface area (Å²) in [5, 5.41) is -0.734. The monoisotopic (exact) mass is 493 g/mol. The van der Waals surface area contributed by atoms with Crippen molar-refractivity contribution in [2.45, 2.75) is 24.4 Å². The van der Waals surface area contributed by atoms with Gasteiger partial charge in [-0.1, -0.05) is 60.4 Å². The van der Waals surface area contributed by atoms with Crippen molar-refractivity contribution in [3.05, 3.63) is 65.7 Å². The third-order valence-electron chi connectivity index (χ3n) is 5.66. The second-order valence-corrected chi connectivity index (χ2v) is 9.78. The van der Waals surface area contributed by atoms with Gasteiger partial charge in [0.15, 0.2) is 0 Å². The maximum atomic E-state index is 13.0. The van der Waals surface area contributed by atoms with E-state index in [1.54, 1.807) is 0 Å². The SMILES string of the molecule is O=C1CC(SC(=S)N2CCN(Cc3ccccc3)CC2)C(=O)N1c1cccc(C(F)(F)F)c1. The van der Waals surface area contributed by atoms with Crippen molar-refractivity contribution >= 4 is 45.8 Å².